The molecule has 1 heterocycles. The number of nitrogens with two attached hydrogens (primary N) is 1. The van der Waals surface area contributed by atoms with Crippen molar-refractivity contribution in [3.8, 4) is 11.3 Å². The average Bonchev–Trinajstić information content (AvgIpc) is 2.40. The van der Waals surface area contributed by atoms with Gasteiger partial charge in [0.1, 0.15) is 5.56 Å². The quantitative estimate of drug-likeness (QED) is 0.657. The highest BCUT2D eigenvalue weighted by molar-refractivity contribution is 5.96. The minimum Gasteiger partial charge on any atom is -0.477 e. The van der Waals surface area contributed by atoms with E-state index in [1.165, 1.54) is 0 Å². The second kappa shape index (κ2) is 3.13. The summed E-state index contributed by atoms with van der Waals surface area (Å²) in [4.78, 5) is 22.4. The van der Waals surface area contributed by atoms with Crippen LogP contribution < -0.4 is 11.4 Å². The molecular formula is C10H8N2O3. The molecular weight excluding hydrogens is 196 g/mol. The lowest BCUT2D eigenvalue weighted by Crippen LogP contribution is -2.26. The fourth-order valence-electron chi connectivity index (χ4n) is 1.51. The van der Waals surface area contributed by atoms with E-state index in [2.05, 4.69) is 0 Å². The molecule has 0 aromatic rings. The van der Waals surface area contributed by atoms with Gasteiger partial charge in [-0.1, -0.05) is 24.3 Å². The Morgan fingerprint density at radius 2 is 1.93 bits per heavy atom. The Kier molecular flexibility index (Phi) is 1.93. The zero-order valence-corrected chi connectivity index (χ0v) is 7.68. The Morgan fingerprint density at radius 1 is 1.27 bits per heavy atom. The summed E-state index contributed by atoms with van der Waals surface area (Å²) in [6.45, 7) is 0. The van der Waals surface area contributed by atoms with Crippen LogP contribution in [0.2, 0.25) is 0 Å². The summed E-state index contributed by atoms with van der Waals surface area (Å²) in [6, 6.07) is 8.24. The Balaban J connectivity index is 2.93. The molecule has 0 radical (unpaired) electrons. The van der Waals surface area contributed by atoms with Crippen molar-refractivity contribution in [1.29, 1.82) is 0 Å². The maximum atomic E-state index is 11.5. The van der Waals surface area contributed by atoms with Gasteiger partial charge >= 0.3 is 5.97 Å². The topological polar surface area (TPSA) is 85.3 Å². The van der Waals surface area contributed by atoms with Crippen LogP contribution in [0.3, 0.4) is 0 Å². The van der Waals surface area contributed by atoms with E-state index in [0.717, 1.165) is 4.68 Å². The molecule has 0 bridgehead atoms. The molecule has 1 aliphatic carbocycles. The lowest BCUT2D eigenvalue weighted by atomic mass is 10.1. The lowest BCUT2D eigenvalue weighted by molar-refractivity contribution is 0.0696. The van der Waals surface area contributed by atoms with Crippen molar-refractivity contribution in [2.24, 2.45) is 0 Å². The van der Waals surface area contributed by atoms with Crippen LogP contribution in [0.1, 0.15) is 10.4 Å². The molecule has 0 atom stereocenters. The molecule has 1 aliphatic heterocycles. The Labute approximate surface area is 84.7 Å². The number of carboxylic acids is 1. The summed E-state index contributed by atoms with van der Waals surface area (Å²) < 4.78 is 0.846. The SMILES string of the molecule is Nn1c2cccccc-2c(C(=O)O)c1=O. The number of carboxylic acid groups (broad SMARTS) is 1. The number of aromatic nitrogens is 1. The summed E-state index contributed by atoms with van der Waals surface area (Å²) in [7, 11) is 0. The van der Waals surface area contributed by atoms with E-state index in [-0.39, 0.29) is 5.56 Å². The van der Waals surface area contributed by atoms with Crippen molar-refractivity contribution >= 4 is 5.97 Å². The first-order valence-electron chi connectivity index (χ1n) is 4.25. The number of aromatic carboxylic acids is 1. The smallest absolute Gasteiger partial charge is 0.342 e. The number of fused-ring (bicyclic) bond motifs is 1. The highest BCUT2D eigenvalue weighted by atomic mass is 16.4. The molecule has 3 N–H and O–H groups in total. The molecule has 2 aliphatic rings. The first kappa shape index (κ1) is 9.26. The number of hydrogen-bond donors (Lipinski definition) is 2. The predicted molar refractivity (Wildman–Crippen MR) is 54.4 cm³/mol. The Hall–Kier alpha value is -2.30. The Bertz CT molecular complexity index is 559. The van der Waals surface area contributed by atoms with Gasteiger partial charge in [-0.2, -0.15) is 0 Å². The fraction of sp³-hybridized carbons (Fsp3) is 0. The predicted octanol–water partition coefficient (Wildman–Crippen LogP) is 0.365. The Morgan fingerprint density at radius 3 is 2.60 bits per heavy atom. The molecule has 15 heavy (non-hydrogen) atoms. The van der Waals surface area contributed by atoms with Gasteiger partial charge in [0, 0.05) is 5.56 Å². The zero-order chi connectivity index (χ0) is 11.0. The van der Waals surface area contributed by atoms with Gasteiger partial charge in [0.15, 0.2) is 0 Å². The third-order valence-corrected chi connectivity index (χ3v) is 2.19. The molecule has 5 heteroatoms. The molecule has 0 spiro atoms. The maximum Gasteiger partial charge on any atom is 0.342 e. The van der Waals surface area contributed by atoms with Gasteiger partial charge in [0.25, 0.3) is 5.56 Å². The highest BCUT2D eigenvalue weighted by Gasteiger charge is 2.22. The van der Waals surface area contributed by atoms with Gasteiger partial charge in [-0.15, -0.1) is 0 Å². The molecule has 0 aromatic heterocycles. The fourth-order valence-corrected chi connectivity index (χ4v) is 1.51. The van der Waals surface area contributed by atoms with Crippen molar-refractivity contribution in [1.82, 2.24) is 4.68 Å². The molecule has 2 rings (SSSR count). The summed E-state index contributed by atoms with van der Waals surface area (Å²) in [5, 5.41) is 8.89. The van der Waals surface area contributed by atoms with Crippen molar-refractivity contribution in [3.05, 3.63) is 46.2 Å². The van der Waals surface area contributed by atoms with Crippen LogP contribution >= 0.6 is 0 Å². The third kappa shape index (κ3) is 1.25. The first-order chi connectivity index (χ1) is 7.13. The average molecular weight is 204 g/mol. The van der Waals surface area contributed by atoms with Crippen molar-refractivity contribution in [2.75, 3.05) is 5.84 Å². The van der Waals surface area contributed by atoms with E-state index in [9.17, 15) is 9.59 Å². The summed E-state index contributed by atoms with van der Waals surface area (Å²) in [5.41, 5.74) is -0.227. The van der Waals surface area contributed by atoms with Gasteiger partial charge in [-0.3, -0.25) is 4.79 Å². The number of hydrogen-bond acceptors (Lipinski definition) is 3. The second-order valence-electron chi connectivity index (χ2n) is 3.06. The van der Waals surface area contributed by atoms with E-state index in [1.807, 2.05) is 0 Å². The molecule has 76 valence electrons. The summed E-state index contributed by atoms with van der Waals surface area (Å²) >= 11 is 0. The molecule has 0 aromatic carbocycles. The molecule has 0 amide bonds. The van der Waals surface area contributed by atoms with Crippen LogP contribution in [0.15, 0.2) is 35.1 Å². The minimum absolute atomic E-state index is 0.288. The molecule has 0 unspecified atom stereocenters. The molecule has 5 nitrogen and oxygen atoms in total. The lowest BCUT2D eigenvalue weighted by Gasteiger charge is -1.95. The number of rotatable bonds is 1. The largest absolute Gasteiger partial charge is 0.477 e. The molecule has 0 fully saturated rings. The summed E-state index contributed by atoms with van der Waals surface area (Å²) in [6.07, 6.45) is 0. The molecule has 0 saturated carbocycles. The van der Waals surface area contributed by atoms with Gasteiger partial charge in [0.2, 0.25) is 0 Å². The van der Waals surface area contributed by atoms with E-state index in [1.54, 1.807) is 30.3 Å². The van der Waals surface area contributed by atoms with Crippen LogP contribution in [0.5, 0.6) is 0 Å². The van der Waals surface area contributed by atoms with Crippen molar-refractivity contribution in [2.45, 2.75) is 0 Å². The monoisotopic (exact) mass is 204 g/mol. The van der Waals surface area contributed by atoms with Crippen LogP contribution in [-0.4, -0.2) is 15.8 Å². The van der Waals surface area contributed by atoms with Crippen molar-refractivity contribution in [3.63, 3.8) is 0 Å². The van der Waals surface area contributed by atoms with Crippen molar-refractivity contribution < 1.29 is 9.90 Å². The maximum absolute atomic E-state index is 11.5. The number of nitrogen functional groups attached to an aromatic ring is 1. The van der Waals surface area contributed by atoms with E-state index < -0.39 is 11.5 Å². The molecule has 0 saturated heterocycles. The normalized spacial score (nSPS) is 10.4. The van der Waals surface area contributed by atoms with Gasteiger partial charge in [-0.25, -0.2) is 9.47 Å². The third-order valence-electron chi connectivity index (χ3n) is 2.19. The van der Waals surface area contributed by atoms with Gasteiger partial charge in [0.05, 0.1) is 5.69 Å². The number of carbonyl (C=O) groups is 1. The highest BCUT2D eigenvalue weighted by Crippen LogP contribution is 2.21. The van der Waals surface area contributed by atoms with Gasteiger partial charge < -0.3 is 10.9 Å². The number of nitrogens with zero attached hydrogens (tertiary/aromatic N) is 1. The first-order valence-corrected chi connectivity index (χ1v) is 4.25. The minimum atomic E-state index is -1.26. The van der Waals surface area contributed by atoms with Crippen LogP contribution in [0, 0.1) is 0 Å². The van der Waals surface area contributed by atoms with Crippen LogP contribution in [0.4, 0.5) is 0 Å². The van der Waals surface area contributed by atoms with Crippen LogP contribution in [0.25, 0.3) is 11.3 Å². The second-order valence-corrected chi connectivity index (χ2v) is 3.06. The van der Waals surface area contributed by atoms with E-state index >= 15 is 0 Å². The zero-order valence-electron chi connectivity index (χ0n) is 7.68. The summed E-state index contributed by atoms with van der Waals surface area (Å²) in [5.74, 6) is 4.21. The van der Waals surface area contributed by atoms with Crippen LogP contribution in [-0.2, 0) is 0 Å². The van der Waals surface area contributed by atoms with E-state index in [0.29, 0.717) is 11.3 Å². The standard InChI is InChI=1S/C10H8N2O3/c11-12-7-5-3-1-2-4-6(7)8(9(12)13)10(14)15/h1-5H,11H2,(H,14,15). The van der Waals surface area contributed by atoms with E-state index in [4.69, 9.17) is 10.9 Å². The van der Waals surface area contributed by atoms with Gasteiger partial charge in [-0.05, 0) is 6.07 Å².